The van der Waals surface area contributed by atoms with Gasteiger partial charge in [0.25, 0.3) is 0 Å². The molecule has 5 rings (SSSR count). The van der Waals surface area contributed by atoms with E-state index in [4.69, 9.17) is 23.7 Å². The highest BCUT2D eigenvalue weighted by atomic mass is 16.7. The number of ketones is 1. The number of ether oxygens (including phenoxy) is 5. The number of carbonyl (C=O) groups is 2. The molecule has 0 amide bonds. The Labute approximate surface area is 150 Å². The smallest absolute Gasteiger partial charge is 0.334 e. The van der Waals surface area contributed by atoms with Crippen LogP contribution >= 0.6 is 0 Å². The first-order valence-electron chi connectivity index (χ1n) is 8.27. The molecule has 2 bridgehead atoms. The number of hydrogen-bond acceptors (Lipinski definition) is 7. The van der Waals surface area contributed by atoms with Gasteiger partial charge in [0.2, 0.25) is 11.6 Å². The summed E-state index contributed by atoms with van der Waals surface area (Å²) in [7, 11) is 5.47. The first kappa shape index (κ1) is 17.2. The molecule has 3 aliphatic carbocycles. The normalized spacial score (nSPS) is 33.2. The number of carbonyl (C=O) groups excluding carboxylic acids is 2. The molecule has 138 valence electrons. The Hall–Kier alpha value is -2.22. The van der Waals surface area contributed by atoms with E-state index in [0.717, 1.165) is 5.56 Å². The van der Waals surface area contributed by atoms with Crippen LogP contribution < -0.4 is 4.74 Å². The van der Waals surface area contributed by atoms with Gasteiger partial charge in [0, 0.05) is 32.5 Å². The molecule has 7 nitrogen and oxygen atoms in total. The molecular formula is C19H20O7. The van der Waals surface area contributed by atoms with Crippen LogP contribution in [-0.4, -0.2) is 57.7 Å². The van der Waals surface area contributed by atoms with Gasteiger partial charge in [-0.2, -0.15) is 0 Å². The highest BCUT2D eigenvalue weighted by Gasteiger charge is 2.75. The van der Waals surface area contributed by atoms with Crippen LogP contribution in [0.2, 0.25) is 0 Å². The Balaban J connectivity index is 2.01. The molecule has 0 unspecified atom stereocenters. The summed E-state index contributed by atoms with van der Waals surface area (Å²) in [6.45, 7) is 0. The summed E-state index contributed by atoms with van der Waals surface area (Å²) in [5.41, 5.74) is -0.341. The Morgan fingerprint density at radius 3 is 2.35 bits per heavy atom. The van der Waals surface area contributed by atoms with Crippen LogP contribution in [0.5, 0.6) is 5.75 Å². The van der Waals surface area contributed by atoms with E-state index in [1.807, 2.05) is 24.3 Å². The van der Waals surface area contributed by atoms with E-state index in [0.29, 0.717) is 5.75 Å². The highest BCUT2D eigenvalue weighted by Crippen LogP contribution is 2.61. The number of rotatable bonds is 4. The molecule has 1 aliphatic heterocycles. The fraction of sp³-hybridized carbons (Fsp3) is 0.474. The van der Waals surface area contributed by atoms with Crippen molar-refractivity contribution in [2.24, 2.45) is 5.92 Å². The molecule has 0 N–H and O–H groups in total. The lowest BCUT2D eigenvalue weighted by molar-refractivity contribution is -0.267. The number of fused-ring (bicyclic) bond motifs is 2. The summed E-state index contributed by atoms with van der Waals surface area (Å²) in [4.78, 5) is 26.0. The Morgan fingerprint density at radius 1 is 1.04 bits per heavy atom. The van der Waals surface area contributed by atoms with Gasteiger partial charge < -0.3 is 23.7 Å². The van der Waals surface area contributed by atoms with E-state index >= 15 is 0 Å². The van der Waals surface area contributed by atoms with Gasteiger partial charge in [-0.05, 0) is 12.1 Å². The van der Waals surface area contributed by atoms with Crippen LogP contribution in [0.1, 0.15) is 11.5 Å². The van der Waals surface area contributed by atoms with Crippen LogP contribution in [-0.2, 0) is 28.5 Å². The van der Waals surface area contributed by atoms with Gasteiger partial charge in [0.1, 0.15) is 11.9 Å². The molecular weight excluding hydrogens is 340 g/mol. The molecule has 0 aromatic heterocycles. The molecule has 1 saturated carbocycles. The molecule has 0 radical (unpaired) electrons. The fourth-order valence-corrected chi connectivity index (χ4v) is 4.71. The van der Waals surface area contributed by atoms with Gasteiger partial charge in [-0.1, -0.05) is 18.2 Å². The third-order valence-electron chi connectivity index (χ3n) is 5.79. The zero-order chi connectivity index (χ0) is 18.7. The van der Waals surface area contributed by atoms with Crippen molar-refractivity contribution >= 4 is 11.8 Å². The quantitative estimate of drug-likeness (QED) is 0.590. The molecule has 0 spiro atoms. The average molecular weight is 360 g/mol. The second-order valence-corrected chi connectivity index (χ2v) is 6.57. The lowest BCUT2D eigenvalue weighted by Crippen LogP contribution is -2.73. The van der Waals surface area contributed by atoms with Crippen LogP contribution in [0.15, 0.2) is 35.9 Å². The van der Waals surface area contributed by atoms with Crippen molar-refractivity contribution in [1.82, 2.24) is 0 Å². The van der Waals surface area contributed by atoms with Crippen LogP contribution in [0, 0.1) is 5.92 Å². The van der Waals surface area contributed by atoms with Gasteiger partial charge in [0.15, 0.2) is 5.60 Å². The zero-order valence-corrected chi connectivity index (χ0v) is 15.0. The van der Waals surface area contributed by atoms with E-state index in [2.05, 4.69) is 0 Å². The standard InChI is InChI=1S/C19H20O7/c1-22-16(20)11-9-18(23-2)13-10-7-5-6-8-12(10)26-15(13)14(11)19(24-3,25-4)17(18)21/h5-9,13-15H,1-4H3/t13-,14+,15+,18+/m1/s1. The summed E-state index contributed by atoms with van der Waals surface area (Å²) in [6, 6.07) is 7.47. The van der Waals surface area contributed by atoms with E-state index in [9.17, 15) is 9.59 Å². The zero-order valence-electron chi connectivity index (χ0n) is 15.0. The van der Waals surface area contributed by atoms with Crippen molar-refractivity contribution in [3.8, 4) is 5.75 Å². The van der Waals surface area contributed by atoms with Crippen LogP contribution in [0.25, 0.3) is 0 Å². The molecule has 4 aliphatic rings. The molecule has 1 aromatic rings. The van der Waals surface area contributed by atoms with Gasteiger partial charge in [-0.15, -0.1) is 0 Å². The van der Waals surface area contributed by atoms with Crippen molar-refractivity contribution in [2.45, 2.75) is 23.4 Å². The molecule has 1 fully saturated rings. The van der Waals surface area contributed by atoms with E-state index in [1.165, 1.54) is 28.4 Å². The second-order valence-electron chi connectivity index (χ2n) is 6.57. The lowest BCUT2D eigenvalue weighted by Gasteiger charge is -2.55. The monoisotopic (exact) mass is 360 g/mol. The highest BCUT2D eigenvalue weighted by molar-refractivity contribution is 6.05. The number of benzene rings is 1. The van der Waals surface area contributed by atoms with Crippen molar-refractivity contribution in [3.63, 3.8) is 0 Å². The predicted octanol–water partition coefficient (Wildman–Crippen LogP) is 1.22. The second kappa shape index (κ2) is 5.64. The Bertz CT molecular complexity index is 810. The maximum absolute atomic E-state index is 13.5. The summed E-state index contributed by atoms with van der Waals surface area (Å²) in [6.07, 6.45) is 0.985. The average Bonchev–Trinajstić information content (AvgIpc) is 3.08. The predicted molar refractivity (Wildman–Crippen MR) is 88.7 cm³/mol. The molecule has 0 saturated heterocycles. The molecule has 1 heterocycles. The van der Waals surface area contributed by atoms with E-state index < -0.39 is 41.1 Å². The van der Waals surface area contributed by atoms with Gasteiger partial charge in [-0.25, -0.2) is 4.79 Å². The number of hydrogen-bond donors (Lipinski definition) is 0. The first-order valence-corrected chi connectivity index (χ1v) is 8.27. The number of para-hydroxylation sites is 1. The maximum Gasteiger partial charge on any atom is 0.334 e. The summed E-state index contributed by atoms with van der Waals surface area (Å²) >= 11 is 0. The topological polar surface area (TPSA) is 80.3 Å². The van der Waals surface area contributed by atoms with Crippen molar-refractivity contribution in [3.05, 3.63) is 41.5 Å². The summed E-state index contributed by atoms with van der Waals surface area (Å²) in [5.74, 6) is -3.20. The van der Waals surface area contributed by atoms with Crippen molar-refractivity contribution < 1.29 is 33.3 Å². The van der Waals surface area contributed by atoms with Crippen LogP contribution in [0.3, 0.4) is 0 Å². The van der Waals surface area contributed by atoms with E-state index in [-0.39, 0.29) is 5.57 Å². The lowest BCUT2D eigenvalue weighted by atomic mass is 9.56. The molecule has 1 aromatic carbocycles. The van der Waals surface area contributed by atoms with Gasteiger partial charge in [-0.3, -0.25) is 4.79 Å². The largest absolute Gasteiger partial charge is 0.488 e. The van der Waals surface area contributed by atoms with Gasteiger partial charge in [0.05, 0.1) is 18.9 Å². The third kappa shape index (κ3) is 1.78. The minimum atomic E-state index is -1.70. The molecule has 26 heavy (non-hydrogen) atoms. The summed E-state index contributed by atoms with van der Waals surface area (Å²) < 4.78 is 28.0. The number of methoxy groups -OCH3 is 4. The molecule has 7 heteroatoms. The van der Waals surface area contributed by atoms with Crippen molar-refractivity contribution in [1.29, 1.82) is 0 Å². The minimum absolute atomic E-state index is 0.256. The number of esters is 1. The van der Waals surface area contributed by atoms with Gasteiger partial charge >= 0.3 is 5.97 Å². The van der Waals surface area contributed by atoms with Crippen molar-refractivity contribution in [2.75, 3.05) is 28.4 Å². The maximum atomic E-state index is 13.5. The Morgan fingerprint density at radius 2 is 1.73 bits per heavy atom. The van der Waals surface area contributed by atoms with Crippen LogP contribution in [0.4, 0.5) is 0 Å². The SMILES string of the molecule is COC(=O)C1=C[C@@]2(OC)C(=O)C(OC)(OC)[C@@H]1[C@H]1Oc3ccccc3[C@H]12. The Kier molecular flexibility index (Phi) is 3.73. The summed E-state index contributed by atoms with van der Waals surface area (Å²) in [5, 5.41) is 0. The molecule has 4 atom stereocenters. The van der Waals surface area contributed by atoms with E-state index in [1.54, 1.807) is 6.08 Å². The number of Topliss-reactive ketones (excluding diaryl/α,β-unsaturated/α-hetero) is 1. The minimum Gasteiger partial charge on any atom is -0.488 e. The fourth-order valence-electron chi connectivity index (χ4n) is 4.71. The first-order chi connectivity index (χ1) is 12.5. The third-order valence-corrected chi connectivity index (χ3v) is 5.79.